The molecule has 0 aliphatic carbocycles. The van der Waals surface area contributed by atoms with Crippen LogP contribution in [0.1, 0.15) is 18.2 Å². The predicted octanol–water partition coefficient (Wildman–Crippen LogP) is 2.71. The molecule has 0 amide bonds. The molecule has 0 unspecified atom stereocenters. The van der Waals surface area contributed by atoms with E-state index in [1.165, 1.54) is 5.56 Å². The molecule has 0 atom stereocenters. The van der Waals surface area contributed by atoms with Crippen molar-refractivity contribution in [2.24, 2.45) is 0 Å². The van der Waals surface area contributed by atoms with Gasteiger partial charge in [-0.15, -0.1) is 0 Å². The smallest absolute Gasteiger partial charge is 0.189 e. The third kappa shape index (κ3) is 5.34. The average molecular weight is 334 g/mol. The van der Waals surface area contributed by atoms with Crippen LogP contribution >= 0.6 is 24.4 Å². The van der Waals surface area contributed by atoms with Crippen molar-refractivity contribution in [1.29, 1.82) is 0 Å². The van der Waals surface area contributed by atoms with Crippen molar-refractivity contribution in [3.8, 4) is 0 Å². The van der Waals surface area contributed by atoms with E-state index < -0.39 is 0 Å². The molecule has 2 aromatic rings. The fourth-order valence-corrected chi connectivity index (χ4v) is 2.06. The number of nitrogens with one attached hydrogen (secondary N) is 4. The molecule has 0 spiro atoms. The summed E-state index contributed by atoms with van der Waals surface area (Å²) in [4.78, 5) is 0. The molecule has 0 aliphatic heterocycles. The van der Waals surface area contributed by atoms with E-state index in [9.17, 15) is 0 Å². The van der Waals surface area contributed by atoms with Gasteiger partial charge >= 0.3 is 0 Å². The van der Waals surface area contributed by atoms with E-state index in [0.29, 0.717) is 16.8 Å². The monoisotopic (exact) mass is 334 g/mol. The highest BCUT2D eigenvalue weighted by Crippen LogP contribution is 2.10. The molecule has 1 heterocycles. The van der Waals surface area contributed by atoms with Gasteiger partial charge in [0, 0.05) is 5.69 Å². The highest BCUT2D eigenvalue weighted by Gasteiger charge is 2.01. The summed E-state index contributed by atoms with van der Waals surface area (Å²) in [5.74, 6) is 0.807. The summed E-state index contributed by atoms with van der Waals surface area (Å²) in [5.41, 5.74) is 7.84. The number of hydrogen-bond acceptors (Lipinski definition) is 3. The first-order valence-electron chi connectivity index (χ1n) is 6.89. The molecule has 0 saturated heterocycles. The van der Waals surface area contributed by atoms with E-state index in [-0.39, 0.29) is 0 Å². The van der Waals surface area contributed by atoms with Gasteiger partial charge < -0.3 is 15.1 Å². The maximum Gasteiger partial charge on any atom is 0.189 e. The molecule has 2 rings (SSSR count). The first-order valence-corrected chi connectivity index (χ1v) is 7.71. The third-order valence-corrected chi connectivity index (χ3v) is 3.34. The minimum Gasteiger partial charge on any atom is -0.467 e. The van der Waals surface area contributed by atoms with Gasteiger partial charge in [0.2, 0.25) is 0 Å². The molecule has 116 valence electrons. The molecule has 1 aromatic carbocycles. The van der Waals surface area contributed by atoms with Crippen LogP contribution in [0, 0.1) is 0 Å². The number of hydrogen-bond donors (Lipinski definition) is 4. The molecule has 22 heavy (non-hydrogen) atoms. The molecular formula is C15H18N4OS2. The van der Waals surface area contributed by atoms with Crippen molar-refractivity contribution < 1.29 is 4.42 Å². The number of benzene rings is 1. The van der Waals surface area contributed by atoms with Gasteiger partial charge in [0.15, 0.2) is 10.2 Å². The Balaban J connectivity index is 1.71. The standard InChI is InChI=1S/C15H18N4OS2/c1-2-11-5-3-6-12(9-11)17-15(22)19-18-14(21)16-10-13-7-4-8-20-13/h3-9H,2,10H2,1H3,(H2,16,18,21)(H2,17,19,22). The second kappa shape index (κ2) is 8.35. The Bertz CT molecular complexity index is 628. The fourth-order valence-electron chi connectivity index (χ4n) is 1.77. The van der Waals surface area contributed by atoms with E-state index in [0.717, 1.165) is 17.9 Å². The Hall–Kier alpha value is -2.12. The molecular weight excluding hydrogens is 316 g/mol. The predicted molar refractivity (Wildman–Crippen MR) is 96.5 cm³/mol. The van der Waals surface area contributed by atoms with Crippen LogP contribution in [0.2, 0.25) is 0 Å². The molecule has 4 N–H and O–H groups in total. The number of aryl methyl sites for hydroxylation is 1. The van der Waals surface area contributed by atoms with Crippen LogP contribution in [0.5, 0.6) is 0 Å². The zero-order valence-corrected chi connectivity index (χ0v) is 13.8. The van der Waals surface area contributed by atoms with Crippen molar-refractivity contribution in [2.75, 3.05) is 5.32 Å². The SMILES string of the molecule is CCc1cccc(NC(=S)NNC(=S)NCc2ccco2)c1. The van der Waals surface area contributed by atoms with Gasteiger partial charge in [-0.2, -0.15) is 0 Å². The number of rotatable bonds is 4. The third-order valence-electron chi connectivity index (χ3n) is 2.89. The summed E-state index contributed by atoms with van der Waals surface area (Å²) >= 11 is 10.3. The fraction of sp³-hybridized carbons (Fsp3) is 0.200. The highest BCUT2D eigenvalue weighted by molar-refractivity contribution is 7.80. The first-order chi connectivity index (χ1) is 10.7. The zero-order valence-electron chi connectivity index (χ0n) is 12.2. The number of anilines is 1. The lowest BCUT2D eigenvalue weighted by atomic mass is 10.1. The summed E-state index contributed by atoms with van der Waals surface area (Å²) in [6.45, 7) is 2.62. The van der Waals surface area contributed by atoms with Crippen LogP contribution in [0.4, 0.5) is 5.69 Å². The maximum atomic E-state index is 5.21. The Kier molecular flexibility index (Phi) is 6.17. The van der Waals surface area contributed by atoms with Crippen molar-refractivity contribution in [2.45, 2.75) is 19.9 Å². The summed E-state index contributed by atoms with van der Waals surface area (Å²) in [5, 5.41) is 6.97. The van der Waals surface area contributed by atoms with Gasteiger partial charge in [-0.05, 0) is 60.7 Å². The second-order valence-electron chi connectivity index (χ2n) is 4.52. The molecule has 1 aromatic heterocycles. The summed E-state index contributed by atoms with van der Waals surface area (Å²) in [7, 11) is 0. The maximum absolute atomic E-state index is 5.21. The van der Waals surface area contributed by atoms with E-state index in [1.54, 1.807) is 6.26 Å². The molecule has 0 fully saturated rings. The number of hydrazine groups is 1. The summed E-state index contributed by atoms with van der Waals surface area (Å²) in [6, 6.07) is 11.8. The Morgan fingerprint density at radius 3 is 2.64 bits per heavy atom. The van der Waals surface area contributed by atoms with E-state index in [4.69, 9.17) is 28.9 Å². The van der Waals surface area contributed by atoms with Crippen LogP contribution in [0.15, 0.2) is 47.1 Å². The van der Waals surface area contributed by atoms with Crippen LogP contribution < -0.4 is 21.5 Å². The number of thiocarbonyl (C=S) groups is 2. The van der Waals surface area contributed by atoms with Crippen molar-refractivity contribution >= 4 is 40.3 Å². The van der Waals surface area contributed by atoms with Gasteiger partial charge in [0.05, 0.1) is 12.8 Å². The Morgan fingerprint density at radius 1 is 1.09 bits per heavy atom. The van der Waals surface area contributed by atoms with E-state index in [2.05, 4.69) is 40.5 Å². The van der Waals surface area contributed by atoms with Crippen LogP contribution in [-0.4, -0.2) is 10.2 Å². The molecule has 0 aliphatic rings. The lowest BCUT2D eigenvalue weighted by molar-refractivity contribution is 0.502. The molecule has 7 heteroatoms. The lowest BCUT2D eigenvalue weighted by Gasteiger charge is -2.14. The first kappa shape index (κ1) is 16.3. The minimum absolute atomic E-state index is 0.433. The topological polar surface area (TPSA) is 61.3 Å². The van der Waals surface area contributed by atoms with Crippen LogP contribution in [0.3, 0.4) is 0 Å². The Labute approximate surface area is 140 Å². The average Bonchev–Trinajstić information content (AvgIpc) is 3.04. The van der Waals surface area contributed by atoms with Gasteiger partial charge in [-0.1, -0.05) is 19.1 Å². The zero-order chi connectivity index (χ0) is 15.8. The largest absolute Gasteiger partial charge is 0.467 e. The molecule has 5 nitrogen and oxygen atoms in total. The minimum atomic E-state index is 0.433. The second-order valence-corrected chi connectivity index (χ2v) is 5.34. The Morgan fingerprint density at radius 2 is 1.91 bits per heavy atom. The highest BCUT2D eigenvalue weighted by atomic mass is 32.1. The molecule has 0 saturated carbocycles. The van der Waals surface area contributed by atoms with Gasteiger partial charge in [-0.25, -0.2) is 0 Å². The molecule has 0 radical (unpaired) electrons. The van der Waals surface area contributed by atoms with E-state index in [1.807, 2.05) is 24.3 Å². The van der Waals surface area contributed by atoms with Crippen molar-refractivity contribution in [3.05, 3.63) is 54.0 Å². The normalized spacial score (nSPS) is 9.86. The van der Waals surface area contributed by atoms with Gasteiger partial charge in [-0.3, -0.25) is 10.9 Å². The van der Waals surface area contributed by atoms with Crippen molar-refractivity contribution in [3.63, 3.8) is 0 Å². The van der Waals surface area contributed by atoms with Crippen LogP contribution in [0.25, 0.3) is 0 Å². The van der Waals surface area contributed by atoms with Gasteiger partial charge in [0.1, 0.15) is 5.76 Å². The lowest BCUT2D eigenvalue weighted by Crippen LogP contribution is -2.47. The van der Waals surface area contributed by atoms with Gasteiger partial charge in [0.25, 0.3) is 0 Å². The summed E-state index contributed by atoms with van der Waals surface area (Å²) < 4.78 is 5.20. The number of furan rings is 1. The van der Waals surface area contributed by atoms with E-state index >= 15 is 0 Å². The van der Waals surface area contributed by atoms with Crippen LogP contribution in [-0.2, 0) is 13.0 Å². The van der Waals surface area contributed by atoms with Crippen molar-refractivity contribution in [1.82, 2.24) is 16.2 Å². The quantitative estimate of drug-likeness (QED) is 0.506. The molecule has 0 bridgehead atoms. The summed E-state index contributed by atoms with van der Waals surface area (Å²) in [6.07, 6.45) is 2.60.